The summed E-state index contributed by atoms with van der Waals surface area (Å²) in [5.41, 5.74) is 0.000473. The second-order valence-corrected chi connectivity index (χ2v) is 10.3. The van der Waals surface area contributed by atoms with E-state index in [1.54, 1.807) is 6.08 Å². The Bertz CT molecular complexity index is 1020. The van der Waals surface area contributed by atoms with Crippen LogP contribution in [0.4, 0.5) is 17.6 Å². The van der Waals surface area contributed by atoms with E-state index in [2.05, 4.69) is 13.5 Å². The van der Waals surface area contributed by atoms with Gasteiger partial charge in [0.05, 0.1) is 12.7 Å². The van der Waals surface area contributed by atoms with Crippen LogP contribution in [0, 0.1) is 35.1 Å². The molecule has 5 heteroatoms. The summed E-state index contributed by atoms with van der Waals surface area (Å²) in [7, 11) is 0. The normalized spacial score (nSPS) is 24.9. The number of benzene rings is 2. The molecule has 0 aromatic heterocycles. The summed E-state index contributed by atoms with van der Waals surface area (Å²) in [4.78, 5) is 0. The van der Waals surface area contributed by atoms with Gasteiger partial charge in [-0.15, -0.1) is 6.58 Å². The zero-order valence-electron chi connectivity index (χ0n) is 20.6. The predicted octanol–water partition coefficient (Wildman–Crippen LogP) is 8.90. The van der Waals surface area contributed by atoms with E-state index in [0.29, 0.717) is 30.7 Å². The minimum Gasteiger partial charge on any atom is -0.374 e. The third kappa shape index (κ3) is 5.82. The average molecular weight is 489 g/mol. The fourth-order valence-electron chi connectivity index (χ4n) is 5.86. The number of rotatable bonds is 8. The topological polar surface area (TPSA) is 9.23 Å². The summed E-state index contributed by atoms with van der Waals surface area (Å²) in [6.07, 6.45) is 11.4. The first-order valence-electron chi connectivity index (χ1n) is 13.1. The minimum absolute atomic E-state index is 0.0786. The molecule has 1 saturated heterocycles. The quantitative estimate of drug-likeness (QED) is 0.266. The van der Waals surface area contributed by atoms with Crippen LogP contribution >= 0.6 is 0 Å². The molecule has 0 radical (unpaired) electrons. The lowest BCUT2D eigenvalue weighted by Crippen LogP contribution is -2.23. The summed E-state index contributed by atoms with van der Waals surface area (Å²) in [6, 6.07) is 5.71. The van der Waals surface area contributed by atoms with Gasteiger partial charge in [-0.25, -0.2) is 17.6 Å². The summed E-state index contributed by atoms with van der Waals surface area (Å²) in [5, 5.41) is 0. The van der Waals surface area contributed by atoms with Crippen molar-refractivity contribution in [3.63, 3.8) is 0 Å². The molecule has 1 aliphatic heterocycles. The van der Waals surface area contributed by atoms with Crippen molar-refractivity contribution in [1.29, 1.82) is 0 Å². The van der Waals surface area contributed by atoms with Gasteiger partial charge in [-0.3, -0.25) is 0 Å². The van der Waals surface area contributed by atoms with Crippen LogP contribution < -0.4 is 0 Å². The van der Waals surface area contributed by atoms with Crippen molar-refractivity contribution in [3.8, 4) is 11.1 Å². The van der Waals surface area contributed by atoms with E-state index in [1.165, 1.54) is 49.9 Å². The molecule has 2 unspecified atom stereocenters. The van der Waals surface area contributed by atoms with Crippen LogP contribution in [0.3, 0.4) is 0 Å². The second kappa shape index (κ2) is 11.7. The van der Waals surface area contributed by atoms with Crippen LogP contribution in [-0.4, -0.2) is 12.7 Å². The highest BCUT2D eigenvalue weighted by atomic mass is 19.2. The van der Waals surface area contributed by atoms with E-state index >= 15 is 8.78 Å². The van der Waals surface area contributed by atoms with E-state index in [4.69, 9.17) is 4.74 Å². The third-order valence-electron chi connectivity index (χ3n) is 8.06. The molecule has 1 heterocycles. The van der Waals surface area contributed by atoms with Crippen LogP contribution in [0.25, 0.3) is 11.1 Å². The highest BCUT2D eigenvalue weighted by molar-refractivity contribution is 5.66. The van der Waals surface area contributed by atoms with Gasteiger partial charge in [0, 0.05) is 17.0 Å². The molecule has 1 saturated carbocycles. The minimum atomic E-state index is -1.15. The Balaban J connectivity index is 1.45. The molecule has 1 nitrogen and oxygen atoms in total. The Morgan fingerprint density at radius 1 is 0.800 bits per heavy atom. The Morgan fingerprint density at radius 3 is 2.03 bits per heavy atom. The highest BCUT2D eigenvalue weighted by Gasteiger charge is 2.27. The molecule has 0 amide bonds. The predicted molar refractivity (Wildman–Crippen MR) is 132 cm³/mol. The molecule has 4 rings (SSSR count). The maximum absolute atomic E-state index is 15.0. The van der Waals surface area contributed by atoms with E-state index in [1.807, 2.05) is 0 Å². The van der Waals surface area contributed by atoms with Crippen molar-refractivity contribution in [2.75, 3.05) is 6.61 Å². The molecule has 2 aliphatic rings. The zero-order valence-corrected chi connectivity index (χ0v) is 20.6. The lowest BCUT2D eigenvalue weighted by Gasteiger charge is -2.28. The number of hydrogen-bond acceptors (Lipinski definition) is 1. The van der Waals surface area contributed by atoms with Crippen LogP contribution in [0.15, 0.2) is 36.9 Å². The maximum Gasteiger partial charge on any atom is 0.167 e. The number of aryl methyl sites for hydroxylation is 1. The average Bonchev–Trinajstić information content (AvgIpc) is 2.88. The van der Waals surface area contributed by atoms with Crippen molar-refractivity contribution in [3.05, 3.63) is 71.3 Å². The highest BCUT2D eigenvalue weighted by Crippen LogP contribution is 2.37. The van der Waals surface area contributed by atoms with Crippen LogP contribution in [0.2, 0.25) is 0 Å². The van der Waals surface area contributed by atoms with Crippen molar-refractivity contribution in [2.24, 2.45) is 11.8 Å². The van der Waals surface area contributed by atoms with Crippen molar-refractivity contribution in [2.45, 2.75) is 83.2 Å². The van der Waals surface area contributed by atoms with Crippen LogP contribution in [0.5, 0.6) is 0 Å². The van der Waals surface area contributed by atoms with Gasteiger partial charge >= 0.3 is 0 Å². The summed E-state index contributed by atoms with van der Waals surface area (Å²) in [5.74, 6) is -3.18. The molecule has 1 aliphatic carbocycles. The lowest BCUT2D eigenvalue weighted by molar-refractivity contribution is 0.0320. The molecule has 190 valence electrons. The molecule has 0 bridgehead atoms. The SMILES string of the molecule is C=CC1CCC(c2ccc(-c3ccc(CCC4CCC(CCC)CC4)c(F)c3F)c(F)c2F)CO1. The first-order valence-corrected chi connectivity index (χ1v) is 13.1. The van der Waals surface area contributed by atoms with Crippen LogP contribution in [0.1, 0.15) is 81.8 Å². The van der Waals surface area contributed by atoms with Gasteiger partial charge in [0.15, 0.2) is 23.3 Å². The zero-order chi connectivity index (χ0) is 24.9. The van der Waals surface area contributed by atoms with E-state index in [0.717, 1.165) is 25.2 Å². The fraction of sp³-hybridized carbons (Fsp3) is 0.533. The first-order chi connectivity index (χ1) is 16.9. The monoisotopic (exact) mass is 488 g/mol. The summed E-state index contributed by atoms with van der Waals surface area (Å²) in [6.45, 7) is 6.18. The van der Waals surface area contributed by atoms with Crippen molar-refractivity contribution >= 4 is 0 Å². The largest absolute Gasteiger partial charge is 0.374 e. The van der Waals surface area contributed by atoms with Crippen molar-refractivity contribution in [1.82, 2.24) is 0 Å². The van der Waals surface area contributed by atoms with Gasteiger partial charge in [-0.05, 0) is 48.6 Å². The number of hydrogen-bond donors (Lipinski definition) is 0. The molecular weight excluding hydrogens is 452 g/mol. The standard InChI is InChI=1S/C30H36F4O/c1-3-5-19-6-8-20(9-7-19)10-11-21-13-15-25(29(33)27(21)31)26-17-16-24(28(32)30(26)34)22-12-14-23(4-2)35-18-22/h4,13,15-17,19-20,22-23H,2-3,5-12,14,18H2,1H3. The summed E-state index contributed by atoms with van der Waals surface area (Å²) < 4.78 is 65.5. The maximum atomic E-state index is 15.0. The van der Waals surface area contributed by atoms with Crippen LogP contribution in [-0.2, 0) is 11.2 Å². The molecule has 35 heavy (non-hydrogen) atoms. The fourth-order valence-corrected chi connectivity index (χ4v) is 5.86. The molecule has 2 fully saturated rings. The van der Waals surface area contributed by atoms with Gasteiger partial charge in [-0.1, -0.05) is 75.8 Å². The lowest BCUT2D eigenvalue weighted by atomic mass is 9.78. The van der Waals surface area contributed by atoms with Gasteiger partial charge in [0.25, 0.3) is 0 Å². The Kier molecular flexibility index (Phi) is 8.69. The smallest absolute Gasteiger partial charge is 0.167 e. The Hall–Kier alpha value is -2.14. The first kappa shape index (κ1) is 25.9. The summed E-state index contributed by atoms with van der Waals surface area (Å²) >= 11 is 0. The number of halogens is 4. The van der Waals surface area contributed by atoms with E-state index in [9.17, 15) is 8.78 Å². The molecule has 2 aromatic rings. The molecular formula is C30H36F4O. The van der Waals surface area contributed by atoms with Gasteiger partial charge in [0.1, 0.15) is 0 Å². The second-order valence-electron chi connectivity index (χ2n) is 10.3. The molecule has 2 aromatic carbocycles. The molecule has 0 N–H and O–H groups in total. The Morgan fingerprint density at radius 2 is 1.43 bits per heavy atom. The number of ether oxygens (including phenoxy) is 1. The van der Waals surface area contributed by atoms with E-state index < -0.39 is 23.3 Å². The van der Waals surface area contributed by atoms with Gasteiger partial charge in [-0.2, -0.15) is 0 Å². The van der Waals surface area contributed by atoms with Gasteiger partial charge < -0.3 is 4.74 Å². The van der Waals surface area contributed by atoms with Gasteiger partial charge in [0.2, 0.25) is 0 Å². The van der Waals surface area contributed by atoms with E-state index in [-0.39, 0.29) is 35.3 Å². The third-order valence-corrected chi connectivity index (χ3v) is 8.06. The molecule has 0 spiro atoms. The van der Waals surface area contributed by atoms with Crippen molar-refractivity contribution < 1.29 is 22.3 Å². The Labute approximate surface area is 206 Å². The molecule has 2 atom stereocenters.